The van der Waals surface area contributed by atoms with Gasteiger partial charge in [0, 0.05) is 12.7 Å². The Morgan fingerprint density at radius 3 is 3.00 bits per heavy atom. The first-order chi connectivity index (χ1) is 9.34. The van der Waals surface area contributed by atoms with Crippen molar-refractivity contribution in [2.24, 2.45) is 0 Å². The van der Waals surface area contributed by atoms with Crippen LogP contribution in [-0.4, -0.2) is 30.5 Å². The summed E-state index contributed by atoms with van der Waals surface area (Å²) in [5.41, 5.74) is 1.66. The molecule has 0 radical (unpaired) electrons. The largest absolute Gasteiger partial charge is 0.491 e. The Bertz CT molecular complexity index is 563. The van der Waals surface area contributed by atoms with E-state index in [1.54, 1.807) is 6.20 Å². The van der Waals surface area contributed by atoms with E-state index in [-0.39, 0.29) is 5.78 Å². The van der Waals surface area contributed by atoms with Gasteiger partial charge in [-0.05, 0) is 30.7 Å². The molecule has 0 bridgehead atoms. The number of fused-ring (bicyclic) bond motifs is 1. The van der Waals surface area contributed by atoms with Gasteiger partial charge in [-0.2, -0.15) is 0 Å². The topological polar surface area (TPSA) is 45.3 Å². The quantitative estimate of drug-likeness (QED) is 0.858. The minimum Gasteiger partial charge on any atom is -0.491 e. The molecule has 19 heavy (non-hydrogen) atoms. The summed E-state index contributed by atoms with van der Waals surface area (Å²) in [7, 11) is 0. The molecule has 1 aliphatic heterocycles. The van der Waals surface area contributed by atoms with Crippen molar-refractivity contribution in [2.75, 3.05) is 24.6 Å². The van der Waals surface area contributed by atoms with Crippen molar-refractivity contribution < 1.29 is 9.53 Å². The van der Waals surface area contributed by atoms with Gasteiger partial charge in [-0.3, -0.25) is 4.79 Å². The number of para-hydroxylation sites is 2. The number of anilines is 1. The molecule has 4 nitrogen and oxygen atoms in total. The summed E-state index contributed by atoms with van der Waals surface area (Å²) in [5.74, 6) is 0.959. The first kappa shape index (κ1) is 11.8. The summed E-state index contributed by atoms with van der Waals surface area (Å²) >= 11 is 0. The van der Waals surface area contributed by atoms with Gasteiger partial charge < -0.3 is 14.6 Å². The molecule has 0 atom stereocenters. The molecule has 2 aromatic rings. The van der Waals surface area contributed by atoms with Crippen molar-refractivity contribution in [1.29, 1.82) is 0 Å². The number of ketones is 1. The number of hydrogen-bond donors (Lipinski definition) is 1. The van der Waals surface area contributed by atoms with E-state index >= 15 is 0 Å². The number of carbonyl (C=O) groups excluding carboxylic acids is 1. The molecule has 2 heterocycles. The third-order valence-electron chi connectivity index (χ3n) is 3.27. The fourth-order valence-corrected chi connectivity index (χ4v) is 2.32. The van der Waals surface area contributed by atoms with Crippen LogP contribution in [0.15, 0.2) is 42.6 Å². The van der Waals surface area contributed by atoms with E-state index in [2.05, 4.69) is 9.88 Å². The van der Waals surface area contributed by atoms with Crippen molar-refractivity contribution in [3.63, 3.8) is 0 Å². The number of nitrogens with one attached hydrogen (secondary N) is 1. The van der Waals surface area contributed by atoms with Gasteiger partial charge in [0.25, 0.3) is 0 Å². The molecule has 0 fully saturated rings. The summed E-state index contributed by atoms with van der Waals surface area (Å²) in [6.07, 6.45) is 2.69. The fraction of sp³-hybridized carbons (Fsp3) is 0.267. The Morgan fingerprint density at radius 1 is 1.26 bits per heavy atom. The number of nitrogens with zero attached hydrogens (tertiary/aromatic N) is 1. The van der Waals surface area contributed by atoms with Gasteiger partial charge in [0.05, 0.1) is 24.5 Å². The molecular formula is C15H16N2O2. The van der Waals surface area contributed by atoms with Crippen LogP contribution in [0.4, 0.5) is 5.69 Å². The van der Waals surface area contributed by atoms with Crippen LogP contribution in [0.2, 0.25) is 0 Å². The Labute approximate surface area is 112 Å². The number of rotatable bonds is 3. The molecule has 0 amide bonds. The number of aromatic nitrogens is 1. The zero-order valence-corrected chi connectivity index (χ0v) is 10.6. The lowest BCUT2D eigenvalue weighted by Gasteiger charge is -2.22. The first-order valence-electron chi connectivity index (χ1n) is 6.48. The third-order valence-corrected chi connectivity index (χ3v) is 3.27. The predicted molar refractivity (Wildman–Crippen MR) is 73.9 cm³/mol. The lowest BCUT2D eigenvalue weighted by Crippen LogP contribution is -2.30. The molecule has 0 aliphatic carbocycles. The van der Waals surface area contributed by atoms with Gasteiger partial charge in [0.1, 0.15) is 5.75 Å². The lowest BCUT2D eigenvalue weighted by molar-refractivity contribution is 0.0995. The van der Waals surface area contributed by atoms with Gasteiger partial charge >= 0.3 is 0 Å². The fourth-order valence-electron chi connectivity index (χ4n) is 2.32. The molecule has 1 aromatic carbocycles. The molecule has 4 heteroatoms. The van der Waals surface area contributed by atoms with Gasteiger partial charge in [-0.25, -0.2) is 0 Å². The number of ether oxygens (including phenoxy) is 1. The molecular weight excluding hydrogens is 240 g/mol. The molecule has 1 N–H and O–H groups in total. The molecule has 98 valence electrons. The first-order valence-corrected chi connectivity index (χ1v) is 6.48. The molecule has 1 aromatic heterocycles. The van der Waals surface area contributed by atoms with Crippen LogP contribution in [0.3, 0.4) is 0 Å². The van der Waals surface area contributed by atoms with E-state index in [4.69, 9.17) is 4.74 Å². The Morgan fingerprint density at radius 2 is 2.16 bits per heavy atom. The smallest absolute Gasteiger partial charge is 0.198 e. The van der Waals surface area contributed by atoms with Crippen molar-refractivity contribution in [3.8, 4) is 5.75 Å². The zero-order valence-electron chi connectivity index (χ0n) is 10.6. The van der Waals surface area contributed by atoms with Crippen molar-refractivity contribution in [3.05, 3.63) is 48.3 Å². The molecule has 0 saturated carbocycles. The van der Waals surface area contributed by atoms with Crippen LogP contribution >= 0.6 is 0 Å². The highest BCUT2D eigenvalue weighted by Crippen LogP contribution is 2.30. The van der Waals surface area contributed by atoms with Crippen LogP contribution in [-0.2, 0) is 0 Å². The van der Waals surface area contributed by atoms with E-state index in [1.807, 2.05) is 36.4 Å². The second kappa shape index (κ2) is 5.18. The molecule has 0 saturated heterocycles. The van der Waals surface area contributed by atoms with Crippen LogP contribution in [0.25, 0.3) is 0 Å². The van der Waals surface area contributed by atoms with Crippen LogP contribution in [0, 0.1) is 0 Å². The number of benzene rings is 1. The highest BCUT2D eigenvalue weighted by molar-refractivity contribution is 5.97. The minimum atomic E-state index is 0.0988. The van der Waals surface area contributed by atoms with Gasteiger partial charge in [-0.1, -0.05) is 12.1 Å². The normalized spacial score (nSPS) is 14.4. The van der Waals surface area contributed by atoms with Crippen molar-refractivity contribution in [2.45, 2.75) is 6.42 Å². The van der Waals surface area contributed by atoms with E-state index in [1.165, 1.54) is 0 Å². The average Bonchev–Trinajstić information content (AvgIpc) is 2.90. The van der Waals surface area contributed by atoms with Crippen molar-refractivity contribution in [1.82, 2.24) is 4.98 Å². The number of H-pyrrole nitrogens is 1. The molecule has 0 spiro atoms. The zero-order chi connectivity index (χ0) is 13.1. The van der Waals surface area contributed by atoms with Crippen LogP contribution < -0.4 is 9.64 Å². The number of carbonyl (C=O) groups is 1. The Hall–Kier alpha value is -2.23. The average molecular weight is 256 g/mol. The highest BCUT2D eigenvalue weighted by Gasteiger charge is 2.19. The second-order valence-electron chi connectivity index (χ2n) is 4.60. The van der Waals surface area contributed by atoms with E-state index < -0.39 is 0 Å². The maximum atomic E-state index is 12.2. The van der Waals surface area contributed by atoms with Gasteiger partial charge in [-0.15, -0.1) is 0 Å². The summed E-state index contributed by atoms with van der Waals surface area (Å²) in [6.45, 7) is 1.91. The van der Waals surface area contributed by atoms with Crippen LogP contribution in [0.1, 0.15) is 16.9 Å². The standard InChI is InChI=1S/C15H16N2O2/c18-14(12-5-3-8-16-12)11-17-9-4-10-19-15-7-2-1-6-13(15)17/h1-3,5-8,16H,4,9-11H2. The lowest BCUT2D eigenvalue weighted by atomic mass is 10.2. The SMILES string of the molecule is O=C(CN1CCCOc2ccccc21)c1ccc[nH]1. The Balaban J connectivity index is 1.83. The maximum absolute atomic E-state index is 12.2. The number of aromatic amines is 1. The predicted octanol–water partition coefficient (Wildman–Crippen LogP) is 2.49. The number of Topliss-reactive ketones (excluding diaryl/α,β-unsaturated/α-hetero) is 1. The monoisotopic (exact) mass is 256 g/mol. The van der Waals surface area contributed by atoms with E-state index in [0.717, 1.165) is 24.4 Å². The molecule has 3 rings (SSSR count). The van der Waals surface area contributed by atoms with Crippen molar-refractivity contribution >= 4 is 11.5 Å². The highest BCUT2D eigenvalue weighted by atomic mass is 16.5. The summed E-state index contributed by atoms with van der Waals surface area (Å²) in [4.78, 5) is 17.2. The van der Waals surface area contributed by atoms with Gasteiger partial charge in [0.2, 0.25) is 0 Å². The summed E-state index contributed by atoms with van der Waals surface area (Å²) < 4.78 is 5.69. The van der Waals surface area contributed by atoms with E-state index in [0.29, 0.717) is 18.8 Å². The Kier molecular flexibility index (Phi) is 3.23. The maximum Gasteiger partial charge on any atom is 0.198 e. The van der Waals surface area contributed by atoms with Gasteiger partial charge in [0.15, 0.2) is 5.78 Å². The minimum absolute atomic E-state index is 0.0988. The number of hydrogen-bond acceptors (Lipinski definition) is 3. The summed E-state index contributed by atoms with van der Waals surface area (Å²) in [6, 6.07) is 11.5. The second-order valence-corrected chi connectivity index (χ2v) is 4.60. The molecule has 0 unspecified atom stereocenters. The third kappa shape index (κ3) is 2.47. The van der Waals surface area contributed by atoms with E-state index in [9.17, 15) is 4.79 Å². The van der Waals surface area contributed by atoms with Crippen LogP contribution in [0.5, 0.6) is 5.75 Å². The summed E-state index contributed by atoms with van der Waals surface area (Å²) in [5, 5.41) is 0. The molecule has 1 aliphatic rings.